The Bertz CT molecular complexity index is 1030. The van der Waals surface area contributed by atoms with E-state index in [9.17, 15) is 23.3 Å². The fourth-order valence-corrected chi connectivity index (χ4v) is 2.57. The van der Waals surface area contributed by atoms with Crippen LogP contribution < -0.4 is 10.6 Å². The zero-order chi connectivity index (χ0) is 20.3. The highest BCUT2D eigenvalue weighted by molar-refractivity contribution is 6.33. The second-order valence-electron chi connectivity index (χ2n) is 5.45. The second-order valence-corrected chi connectivity index (χ2v) is 5.86. The van der Waals surface area contributed by atoms with Crippen molar-refractivity contribution in [1.82, 2.24) is 9.97 Å². The molecule has 0 saturated heterocycles. The summed E-state index contributed by atoms with van der Waals surface area (Å²) in [6, 6.07) is 11.0. The first-order valence-corrected chi connectivity index (χ1v) is 8.09. The summed E-state index contributed by atoms with van der Waals surface area (Å²) in [6.07, 6.45) is -3.66. The van der Waals surface area contributed by atoms with Crippen molar-refractivity contribution in [2.24, 2.45) is 0 Å². The third-order valence-corrected chi connectivity index (χ3v) is 3.95. The van der Waals surface area contributed by atoms with Crippen LogP contribution in [-0.4, -0.2) is 14.9 Å². The molecule has 11 heteroatoms. The number of anilines is 4. The minimum atomic E-state index is -4.65. The maximum atomic E-state index is 13.2. The van der Waals surface area contributed by atoms with Crippen molar-refractivity contribution in [3.63, 3.8) is 0 Å². The summed E-state index contributed by atoms with van der Waals surface area (Å²) in [5.74, 6) is -0.619. The Kier molecular flexibility index (Phi) is 5.32. The molecule has 0 amide bonds. The second kappa shape index (κ2) is 7.69. The fraction of sp³-hybridized carbons (Fsp3) is 0.0588. The number of hydrogen-bond acceptors (Lipinski definition) is 6. The first kappa shape index (κ1) is 19.4. The molecule has 0 bridgehead atoms. The van der Waals surface area contributed by atoms with Crippen LogP contribution in [0.3, 0.4) is 0 Å². The number of alkyl halides is 3. The van der Waals surface area contributed by atoms with Crippen LogP contribution >= 0.6 is 11.6 Å². The Morgan fingerprint density at radius 3 is 2.04 bits per heavy atom. The molecule has 3 rings (SSSR count). The molecule has 1 heterocycles. The Balaban J connectivity index is 2.04. The number of para-hydroxylation sites is 2. The maximum absolute atomic E-state index is 13.2. The third-order valence-electron chi connectivity index (χ3n) is 3.62. The number of aromatic nitrogens is 2. The topological polar surface area (TPSA) is 93.0 Å². The number of benzene rings is 2. The van der Waals surface area contributed by atoms with E-state index in [1.165, 1.54) is 12.1 Å². The van der Waals surface area contributed by atoms with Crippen molar-refractivity contribution in [2.45, 2.75) is 6.18 Å². The van der Waals surface area contributed by atoms with Crippen LogP contribution in [0.15, 0.2) is 54.9 Å². The van der Waals surface area contributed by atoms with E-state index in [4.69, 9.17) is 11.6 Å². The highest BCUT2D eigenvalue weighted by Gasteiger charge is 2.34. The van der Waals surface area contributed by atoms with Crippen LogP contribution in [0.1, 0.15) is 5.56 Å². The van der Waals surface area contributed by atoms with Crippen molar-refractivity contribution >= 4 is 40.3 Å². The predicted octanol–water partition coefficient (Wildman–Crippen LogP) is 5.54. The molecule has 7 nitrogen and oxygen atoms in total. The van der Waals surface area contributed by atoms with Gasteiger partial charge in [-0.1, -0.05) is 35.9 Å². The molecule has 144 valence electrons. The average Bonchev–Trinajstić information content (AvgIpc) is 2.63. The standard InChI is InChI=1S/C17H11ClF3N5O2/c18-11-6-2-4-8-13(11)25-16-14(26(27)28)15(22-9-23-16)24-12-7-3-1-5-10(12)17(19,20)21/h1-9H,(H2,22,23,24,25). The molecule has 0 atom stereocenters. The molecular formula is C17H11ClF3N5O2. The highest BCUT2D eigenvalue weighted by atomic mass is 35.5. The lowest BCUT2D eigenvalue weighted by Crippen LogP contribution is -2.10. The monoisotopic (exact) mass is 409 g/mol. The normalized spacial score (nSPS) is 11.1. The van der Waals surface area contributed by atoms with E-state index in [-0.39, 0.29) is 16.5 Å². The van der Waals surface area contributed by atoms with Gasteiger partial charge in [-0.3, -0.25) is 10.1 Å². The van der Waals surface area contributed by atoms with Crippen molar-refractivity contribution in [1.29, 1.82) is 0 Å². The predicted molar refractivity (Wildman–Crippen MR) is 98.1 cm³/mol. The minimum absolute atomic E-state index is 0.222. The van der Waals surface area contributed by atoms with E-state index in [0.717, 1.165) is 18.5 Å². The molecule has 28 heavy (non-hydrogen) atoms. The lowest BCUT2D eigenvalue weighted by molar-refractivity contribution is -0.383. The average molecular weight is 410 g/mol. The molecule has 1 aromatic heterocycles. The summed E-state index contributed by atoms with van der Waals surface area (Å²) in [7, 11) is 0. The molecule has 0 fully saturated rings. The van der Waals surface area contributed by atoms with E-state index in [1.807, 2.05) is 0 Å². The smallest absolute Gasteiger partial charge is 0.334 e. The van der Waals surface area contributed by atoms with Gasteiger partial charge in [-0.15, -0.1) is 0 Å². The van der Waals surface area contributed by atoms with Gasteiger partial charge in [0.25, 0.3) is 0 Å². The molecule has 0 aliphatic carbocycles. The molecule has 0 aliphatic rings. The number of halogens is 4. The van der Waals surface area contributed by atoms with Gasteiger partial charge in [0.2, 0.25) is 11.6 Å². The third kappa shape index (κ3) is 4.12. The van der Waals surface area contributed by atoms with E-state index in [1.54, 1.807) is 24.3 Å². The highest BCUT2D eigenvalue weighted by Crippen LogP contribution is 2.39. The Hall–Kier alpha value is -3.40. The summed E-state index contributed by atoms with van der Waals surface area (Å²) in [6.45, 7) is 0. The zero-order valence-corrected chi connectivity index (χ0v) is 14.6. The molecule has 0 spiro atoms. The number of nitrogens with one attached hydrogen (secondary N) is 2. The van der Waals surface area contributed by atoms with Gasteiger partial charge in [-0.05, 0) is 24.3 Å². The van der Waals surface area contributed by atoms with E-state index in [2.05, 4.69) is 20.6 Å². The quantitative estimate of drug-likeness (QED) is 0.424. The SMILES string of the molecule is O=[N+]([O-])c1c(Nc2ccccc2Cl)ncnc1Nc1ccccc1C(F)(F)F. The van der Waals surface area contributed by atoms with Crippen LogP contribution in [0.5, 0.6) is 0 Å². The van der Waals surface area contributed by atoms with Crippen LogP contribution in [0.25, 0.3) is 0 Å². The van der Waals surface area contributed by atoms with E-state index in [0.29, 0.717) is 5.69 Å². The molecule has 2 aromatic carbocycles. The first-order chi connectivity index (χ1) is 13.3. The van der Waals surface area contributed by atoms with Gasteiger partial charge in [-0.2, -0.15) is 13.2 Å². The Morgan fingerprint density at radius 2 is 1.46 bits per heavy atom. The molecule has 0 saturated carbocycles. The van der Waals surface area contributed by atoms with Crippen molar-refractivity contribution < 1.29 is 18.1 Å². The Labute approximate surface area is 161 Å². The number of nitro groups is 1. The lowest BCUT2D eigenvalue weighted by atomic mass is 10.1. The molecule has 0 radical (unpaired) electrons. The molecule has 0 aliphatic heterocycles. The zero-order valence-electron chi connectivity index (χ0n) is 13.9. The molecular weight excluding hydrogens is 399 g/mol. The fourth-order valence-electron chi connectivity index (χ4n) is 2.39. The van der Waals surface area contributed by atoms with Gasteiger partial charge < -0.3 is 10.6 Å². The number of nitrogens with zero attached hydrogens (tertiary/aromatic N) is 3. The Morgan fingerprint density at radius 1 is 0.929 bits per heavy atom. The minimum Gasteiger partial charge on any atom is -0.334 e. The van der Waals surface area contributed by atoms with E-state index < -0.39 is 28.2 Å². The number of hydrogen-bond donors (Lipinski definition) is 2. The van der Waals surface area contributed by atoms with Gasteiger partial charge in [0.05, 0.1) is 26.9 Å². The van der Waals surface area contributed by atoms with Crippen molar-refractivity contribution in [3.8, 4) is 0 Å². The van der Waals surface area contributed by atoms with Gasteiger partial charge in [0.15, 0.2) is 0 Å². The molecule has 3 aromatic rings. The molecule has 2 N–H and O–H groups in total. The lowest BCUT2D eigenvalue weighted by Gasteiger charge is -2.15. The van der Waals surface area contributed by atoms with Gasteiger partial charge >= 0.3 is 11.9 Å². The largest absolute Gasteiger partial charge is 0.418 e. The first-order valence-electron chi connectivity index (χ1n) is 7.71. The van der Waals surface area contributed by atoms with Gasteiger partial charge in [0, 0.05) is 0 Å². The van der Waals surface area contributed by atoms with Crippen molar-refractivity contribution in [3.05, 3.63) is 75.6 Å². The molecule has 0 unspecified atom stereocenters. The summed E-state index contributed by atoms with van der Waals surface area (Å²) < 4.78 is 39.6. The van der Waals surface area contributed by atoms with Crippen LogP contribution in [-0.2, 0) is 6.18 Å². The van der Waals surface area contributed by atoms with Gasteiger partial charge in [-0.25, -0.2) is 9.97 Å². The summed E-state index contributed by atoms with van der Waals surface area (Å²) >= 11 is 6.03. The van der Waals surface area contributed by atoms with Gasteiger partial charge in [0.1, 0.15) is 6.33 Å². The van der Waals surface area contributed by atoms with Crippen LogP contribution in [0.4, 0.5) is 41.9 Å². The van der Waals surface area contributed by atoms with Crippen molar-refractivity contribution in [2.75, 3.05) is 10.6 Å². The van der Waals surface area contributed by atoms with Crippen LogP contribution in [0, 0.1) is 10.1 Å². The number of rotatable bonds is 5. The van der Waals surface area contributed by atoms with E-state index >= 15 is 0 Å². The summed E-state index contributed by atoms with van der Waals surface area (Å²) in [5, 5.41) is 17.0. The summed E-state index contributed by atoms with van der Waals surface area (Å²) in [4.78, 5) is 18.4. The maximum Gasteiger partial charge on any atom is 0.418 e. The summed E-state index contributed by atoms with van der Waals surface area (Å²) in [5.41, 5.74) is -1.64. The van der Waals surface area contributed by atoms with Crippen LogP contribution in [0.2, 0.25) is 5.02 Å².